The van der Waals surface area contributed by atoms with Crippen molar-refractivity contribution in [2.24, 2.45) is 0 Å². The molecule has 0 radical (unpaired) electrons. The lowest BCUT2D eigenvalue weighted by Gasteiger charge is -2.22. The van der Waals surface area contributed by atoms with E-state index in [9.17, 15) is 0 Å². The zero-order chi connectivity index (χ0) is 21.6. The van der Waals surface area contributed by atoms with Crippen molar-refractivity contribution in [3.63, 3.8) is 0 Å². The van der Waals surface area contributed by atoms with E-state index < -0.39 is 0 Å². The van der Waals surface area contributed by atoms with Gasteiger partial charge in [-0.1, -0.05) is 62.6 Å². The van der Waals surface area contributed by atoms with E-state index in [-0.39, 0.29) is 0 Å². The summed E-state index contributed by atoms with van der Waals surface area (Å²) in [5.74, 6) is 0.905. The van der Waals surface area contributed by atoms with Gasteiger partial charge in [-0.15, -0.1) is 0 Å². The number of ether oxygens (including phenoxy) is 1. The molecular formula is C26H39ClN2O. The van der Waals surface area contributed by atoms with Crippen molar-refractivity contribution in [2.75, 3.05) is 26.2 Å². The fourth-order valence-corrected chi connectivity index (χ4v) is 3.70. The molecule has 0 bridgehead atoms. The molecule has 2 aromatic rings. The number of benzene rings is 2. The van der Waals surface area contributed by atoms with Crippen LogP contribution in [0.5, 0.6) is 5.75 Å². The molecule has 0 aliphatic rings. The van der Waals surface area contributed by atoms with Crippen molar-refractivity contribution < 1.29 is 4.74 Å². The Balaban J connectivity index is 1.81. The summed E-state index contributed by atoms with van der Waals surface area (Å²) in [5, 5.41) is 4.33. The number of unbranched alkanes of at least 4 members (excludes halogenated alkanes) is 2. The predicted molar refractivity (Wildman–Crippen MR) is 130 cm³/mol. The number of hydrogen-bond acceptors (Lipinski definition) is 3. The average molecular weight is 431 g/mol. The van der Waals surface area contributed by atoms with E-state index in [1.807, 2.05) is 18.2 Å². The van der Waals surface area contributed by atoms with Gasteiger partial charge in [0.2, 0.25) is 0 Å². The molecule has 2 rings (SSSR count). The second-order valence-electron chi connectivity index (χ2n) is 8.05. The van der Waals surface area contributed by atoms with Gasteiger partial charge >= 0.3 is 0 Å². The highest BCUT2D eigenvalue weighted by Crippen LogP contribution is 2.24. The van der Waals surface area contributed by atoms with Crippen LogP contribution in [-0.2, 0) is 13.2 Å². The molecule has 3 nitrogen and oxygen atoms in total. The topological polar surface area (TPSA) is 24.5 Å². The van der Waals surface area contributed by atoms with Crippen LogP contribution in [0, 0.1) is 6.92 Å². The average Bonchev–Trinajstić information content (AvgIpc) is 2.75. The van der Waals surface area contributed by atoms with Crippen LogP contribution in [0.3, 0.4) is 0 Å². The molecule has 30 heavy (non-hydrogen) atoms. The molecule has 0 amide bonds. The molecule has 0 fully saturated rings. The van der Waals surface area contributed by atoms with Crippen LogP contribution in [0.4, 0.5) is 0 Å². The molecule has 0 aliphatic carbocycles. The van der Waals surface area contributed by atoms with Gasteiger partial charge in [0.05, 0.1) is 0 Å². The molecule has 166 valence electrons. The number of hydrogen-bond donors (Lipinski definition) is 1. The molecule has 0 unspecified atom stereocenters. The van der Waals surface area contributed by atoms with Crippen LogP contribution >= 0.6 is 11.6 Å². The van der Waals surface area contributed by atoms with Gasteiger partial charge in [0.15, 0.2) is 0 Å². The summed E-state index contributed by atoms with van der Waals surface area (Å²) in [6.45, 7) is 12.6. The van der Waals surface area contributed by atoms with Gasteiger partial charge in [0, 0.05) is 17.1 Å². The first-order chi connectivity index (χ1) is 14.6. The van der Waals surface area contributed by atoms with Gasteiger partial charge in [-0.25, -0.2) is 0 Å². The number of nitrogens with one attached hydrogen (secondary N) is 1. The monoisotopic (exact) mass is 430 g/mol. The van der Waals surface area contributed by atoms with Gasteiger partial charge in [-0.05, 0) is 81.7 Å². The first-order valence-corrected chi connectivity index (χ1v) is 11.9. The summed E-state index contributed by atoms with van der Waals surface area (Å²) in [6.07, 6.45) is 6.28. The second-order valence-corrected chi connectivity index (χ2v) is 8.48. The molecule has 0 atom stereocenters. The minimum Gasteiger partial charge on any atom is -0.489 e. The van der Waals surface area contributed by atoms with E-state index in [0.29, 0.717) is 6.61 Å². The fraction of sp³-hybridized carbons (Fsp3) is 0.538. The van der Waals surface area contributed by atoms with Gasteiger partial charge in [0.25, 0.3) is 0 Å². The van der Waals surface area contributed by atoms with Gasteiger partial charge < -0.3 is 15.0 Å². The molecule has 0 aromatic heterocycles. The quantitative estimate of drug-likeness (QED) is 0.322. The van der Waals surface area contributed by atoms with Crippen LogP contribution in [0.1, 0.15) is 62.6 Å². The summed E-state index contributed by atoms with van der Waals surface area (Å²) >= 11 is 6.25. The fourth-order valence-electron chi connectivity index (χ4n) is 3.50. The van der Waals surface area contributed by atoms with Gasteiger partial charge in [-0.2, -0.15) is 0 Å². The smallest absolute Gasteiger partial charge is 0.124 e. The Labute approximate surface area is 188 Å². The molecular weight excluding hydrogens is 392 g/mol. The molecule has 0 saturated carbocycles. The Kier molecular flexibility index (Phi) is 11.9. The standard InChI is InChI=1S/C26H39ClN2O/c1-4-6-16-29(17-7-5-2)18-10-15-28-20-24-19-25(27)13-14-26(24)30-21-23-12-9-8-11-22(23)3/h8-9,11-14,19,28H,4-7,10,15-18,20-21H2,1-3H3. The molecule has 2 aromatic carbocycles. The van der Waals surface area contributed by atoms with E-state index in [0.717, 1.165) is 35.8 Å². The minimum atomic E-state index is 0.575. The third kappa shape index (κ3) is 9.07. The van der Waals surface area contributed by atoms with Crippen LogP contribution in [0.15, 0.2) is 42.5 Å². The van der Waals surface area contributed by atoms with Crippen molar-refractivity contribution >= 4 is 11.6 Å². The lowest BCUT2D eigenvalue weighted by molar-refractivity contribution is 0.260. The van der Waals surface area contributed by atoms with Crippen molar-refractivity contribution in [2.45, 2.75) is 66.0 Å². The van der Waals surface area contributed by atoms with Gasteiger partial charge in [0.1, 0.15) is 12.4 Å². The molecule has 0 aliphatic heterocycles. The third-order valence-corrected chi connectivity index (χ3v) is 5.70. The molecule has 0 spiro atoms. The predicted octanol–water partition coefficient (Wildman–Crippen LogP) is 6.61. The third-order valence-electron chi connectivity index (χ3n) is 5.47. The highest BCUT2D eigenvalue weighted by molar-refractivity contribution is 6.30. The Morgan fingerprint density at radius 1 is 0.900 bits per heavy atom. The Morgan fingerprint density at radius 3 is 2.30 bits per heavy atom. The summed E-state index contributed by atoms with van der Waals surface area (Å²) in [5.41, 5.74) is 3.58. The Hall–Kier alpha value is -1.55. The summed E-state index contributed by atoms with van der Waals surface area (Å²) < 4.78 is 6.14. The van der Waals surface area contributed by atoms with Crippen molar-refractivity contribution in [1.29, 1.82) is 0 Å². The normalized spacial score (nSPS) is 11.2. The maximum absolute atomic E-state index is 6.25. The number of aryl methyl sites for hydroxylation is 1. The van der Waals surface area contributed by atoms with E-state index in [4.69, 9.17) is 16.3 Å². The maximum atomic E-state index is 6.25. The van der Waals surface area contributed by atoms with Gasteiger partial charge in [-0.3, -0.25) is 0 Å². The SMILES string of the molecule is CCCCN(CCCC)CCCNCc1cc(Cl)ccc1OCc1ccccc1C. The molecule has 0 heterocycles. The summed E-state index contributed by atoms with van der Waals surface area (Å²) in [7, 11) is 0. The first-order valence-electron chi connectivity index (χ1n) is 11.5. The molecule has 1 N–H and O–H groups in total. The highest BCUT2D eigenvalue weighted by Gasteiger charge is 2.07. The van der Waals surface area contributed by atoms with E-state index in [1.165, 1.54) is 56.4 Å². The van der Waals surface area contributed by atoms with Crippen LogP contribution in [0.2, 0.25) is 5.02 Å². The first kappa shape index (κ1) is 24.7. The maximum Gasteiger partial charge on any atom is 0.124 e. The molecule has 0 saturated heterocycles. The van der Waals surface area contributed by atoms with Crippen LogP contribution in [0.25, 0.3) is 0 Å². The van der Waals surface area contributed by atoms with Crippen LogP contribution < -0.4 is 10.1 Å². The lowest BCUT2D eigenvalue weighted by atomic mass is 10.1. The van der Waals surface area contributed by atoms with E-state index in [2.05, 4.69) is 55.3 Å². The zero-order valence-electron chi connectivity index (χ0n) is 19.1. The van der Waals surface area contributed by atoms with Crippen LogP contribution in [-0.4, -0.2) is 31.1 Å². The van der Waals surface area contributed by atoms with Crippen molar-refractivity contribution in [3.05, 3.63) is 64.2 Å². The number of halogens is 1. The highest BCUT2D eigenvalue weighted by atomic mass is 35.5. The minimum absolute atomic E-state index is 0.575. The number of nitrogens with zero attached hydrogens (tertiary/aromatic N) is 1. The Bertz CT molecular complexity index is 727. The largest absolute Gasteiger partial charge is 0.489 e. The van der Waals surface area contributed by atoms with E-state index >= 15 is 0 Å². The Morgan fingerprint density at radius 2 is 1.60 bits per heavy atom. The van der Waals surface area contributed by atoms with Crippen molar-refractivity contribution in [3.8, 4) is 5.75 Å². The lowest BCUT2D eigenvalue weighted by Crippen LogP contribution is -2.29. The summed E-state index contributed by atoms with van der Waals surface area (Å²) in [4.78, 5) is 2.62. The zero-order valence-corrected chi connectivity index (χ0v) is 19.8. The van der Waals surface area contributed by atoms with E-state index in [1.54, 1.807) is 0 Å². The van der Waals surface area contributed by atoms with Crippen molar-refractivity contribution in [1.82, 2.24) is 10.2 Å². The molecule has 4 heteroatoms. The number of rotatable bonds is 15. The summed E-state index contributed by atoms with van der Waals surface area (Å²) in [6, 6.07) is 14.2. The second kappa shape index (κ2) is 14.5.